The molecule has 23 heavy (non-hydrogen) atoms. The van der Waals surface area contributed by atoms with Gasteiger partial charge in [0.05, 0.1) is 17.9 Å². The summed E-state index contributed by atoms with van der Waals surface area (Å²) in [4.78, 5) is 24.7. The highest BCUT2D eigenvalue weighted by molar-refractivity contribution is 8.00. The number of anilines is 2. The van der Waals surface area contributed by atoms with Crippen molar-refractivity contribution in [1.82, 2.24) is 0 Å². The van der Waals surface area contributed by atoms with E-state index in [1.165, 1.54) is 11.8 Å². The van der Waals surface area contributed by atoms with E-state index in [9.17, 15) is 9.59 Å². The van der Waals surface area contributed by atoms with Crippen LogP contribution in [0.4, 0.5) is 11.4 Å². The minimum absolute atomic E-state index is 0.0131. The summed E-state index contributed by atoms with van der Waals surface area (Å²) in [5.41, 5.74) is 3.30. The van der Waals surface area contributed by atoms with Gasteiger partial charge in [-0.05, 0) is 48.4 Å². The van der Waals surface area contributed by atoms with Gasteiger partial charge >= 0.3 is 0 Å². The fraction of sp³-hybridized carbons (Fsp3) is 0.176. The summed E-state index contributed by atoms with van der Waals surface area (Å²) in [5, 5.41) is 6.36. The molecule has 1 aliphatic rings. The maximum absolute atomic E-state index is 12.2. The number of nitrogens with one attached hydrogen (secondary N) is 2. The maximum atomic E-state index is 12.2. The van der Waals surface area contributed by atoms with Gasteiger partial charge in [-0.15, -0.1) is 11.8 Å². The van der Waals surface area contributed by atoms with E-state index in [1.807, 2.05) is 31.2 Å². The number of carbonyl (C=O) groups is 2. The number of aryl methyl sites for hydroxylation is 1. The molecule has 0 atom stereocenters. The lowest BCUT2D eigenvalue weighted by Gasteiger charge is -2.17. The van der Waals surface area contributed by atoms with Crippen LogP contribution in [0.2, 0.25) is 5.02 Å². The van der Waals surface area contributed by atoms with E-state index in [1.54, 1.807) is 12.1 Å². The van der Waals surface area contributed by atoms with Crippen LogP contribution in [0.3, 0.4) is 0 Å². The molecule has 2 N–H and O–H groups in total. The molecule has 118 valence electrons. The molecule has 1 aliphatic heterocycles. The van der Waals surface area contributed by atoms with E-state index in [0.717, 1.165) is 27.4 Å². The first-order valence-electron chi connectivity index (χ1n) is 7.13. The summed E-state index contributed by atoms with van der Waals surface area (Å²) in [6.07, 6.45) is 0.246. The Kier molecular flexibility index (Phi) is 4.59. The topological polar surface area (TPSA) is 58.2 Å². The molecule has 0 unspecified atom stereocenters. The van der Waals surface area contributed by atoms with Gasteiger partial charge in [-0.2, -0.15) is 0 Å². The molecule has 0 aromatic heterocycles. The second kappa shape index (κ2) is 6.64. The predicted octanol–water partition coefficient (Wildman–Crippen LogP) is 3.87. The van der Waals surface area contributed by atoms with Gasteiger partial charge in [0, 0.05) is 15.6 Å². The van der Waals surface area contributed by atoms with Crippen molar-refractivity contribution < 1.29 is 9.59 Å². The van der Waals surface area contributed by atoms with Gasteiger partial charge in [0.15, 0.2) is 0 Å². The number of halogens is 1. The molecule has 2 amide bonds. The Hall–Kier alpha value is -1.98. The van der Waals surface area contributed by atoms with Gasteiger partial charge in [0.2, 0.25) is 11.8 Å². The molecule has 0 saturated heterocycles. The van der Waals surface area contributed by atoms with Crippen molar-refractivity contribution in [3.63, 3.8) is 0 Å². The molecule has 1 heterocycles. The molecule has 6 heteroatoms. The monoisotopic (exact) mass is 346 g/mol. The summed E-state index contributed by atoms with van der Waals surface area (Å²) < 4.78 is 0. The van der Waals surface area contributed by atoms with Crippen LogP contribution in [0, 0.1) is 6.92 Å². The van der Waals surface area contributed by atoms with E-state index < -0.39 is 0 Å². The van der Waals surface area contributed by atoms with Crippen LogP contribution in [-0.2, 0) is 16.0 Å². The summed E-state index contributed by atoms with van der Waals surface area (Å²) in [7, 11) is 0. The van der Waals surface area contributed by atoms with Crippen LogP contribution < -0.4 is 10.6 Å². The second-order valence-electron chi connectivity index (χ2n) is 5.35. The Morgan fingerprint density at radius 1 is 1.30 bits per heavy atom. The van der Waals surface area contributed by atoms with Crippen molar-refractivity contribution in [2.24, 2.45) is 0 Å². The van der Waals surface area contributed by atoms with E-state index in [4.69, 9.17) is 11.6 Å². The molecule has 0 bridgehead atoms. The number of hydrogen-bond acceptors (Lipinski definition) is 3. The average molecular weight is 347 g/mol. The third-order valence-corrected chi connectivity index (χ3v) is 4.81. The Morgan fingerprint density at radius 3 is 2.91 bits per heavy atom. The summed E-state index contributed by atoms with van der Waals surface area (Å²) >= 11 is 7.42. The van der Waals surface area contributed by atoms with Crippen LogP contribution in [0.25, 0.3) is 0 Å². The summed E-state index contributed by atoms with van der Waals surface area (Å²) in [5.74, 6) is 0.314. The quantitative estimate of drug-likeness (QED) is 0.886. The zero-order valence-corrected chi connectivity index (χ0v) is 14.1. The van der Waals surface area contributed by atoms with Gasteiger partial charge in [-0.25, -0.2) is 0 Å². The lowest BCUT2D eigenvalue weighted by molar-refractivity contribution is -0.115. The number of rotatable bonds is 3. The van der Waals surface area contributed by atoms with Gasteiger partial charge < -0.3 is 10.6 Å². The molecule has 0 fully saturated rings. The molecular formula is C17H15ClN2O2S. The van der Waals surface area contributed by atoms with E-state index >= 15 is 0 Å². The Labute approximate surface area is 143 Å². The lowest BCUT2D eigenvalue weighted by Crippen LogP contribution is -2.19. The Balaban J connectivity index is 1.70. The van der Waals surface area contributed by atoms with Gasteiger partial charge in [0.1, 0.15) is 0 Å². The van der Waals surface area contributed by atoms with Crippen LogP contribution in [0.15, 0.2) is 41.3 Å². The third-order valence-electron chi connectivity index (χ3n) is 3.50. The number of benzene rings is 2. The van der Waals surface area contributed by atoms with Gasteiger partial charge in [-0.3, -0.25) is 9.59 Å². The van der Waals surface area contributed by atoms with Crippen LogP contribution in [0.1, 0.15) is 11.1 Å². The van der Waals surface area contributed by atoms with Crippen molar-refractivity contribution in [3.8, 4) is 0 Å². The maximum Gasteiger partial charge on any atom is 0.234 e. The van der Waals surface area contributed by atoms with Crippen LogP contribution in [0.5, 0.6) is 0 Å². The fourth-order valence-corrected chi connectivity index (χ4v) is 3.40. The van der Waals surface area contributed by atoms with Crippen molar-refractivity contribution in [2.45, 2.75) is 18.2 Å². The van der Waals surface area contributed by atoms with E-state index in [0.29, 0.717) is 10.8 Å². The molecule has 0 aliphatic carbocycles. The first-order chi connectivity index (χ1) is 11.0. The molecule has 0 spiro atoms. The number of amides is 2. The number of thioether (sulfide) groups is 1. The minimum Gasteiger partial charge on any atom is -0.326 e. The second-order valence-corrected chi connectivity index (χ2v) is 6.81. The Morgan fingerprint density at radius 2 is 2.13 bits per heavy atom. The number of fused-ring (bicyclic) bond motifs is 1. The molecule has 3 rings (SSSR count). The van der Waals surface area contributed by atoms with Gasteiger partial charge in [-0.1, -0.05) is 17.7 Å². The number of carbonyl (C=O) groups excluding carboxylic acids is 2. The third kappa shape index (κ3) is 3.86. The minimum atomic E-state index is -0.106. The molecule has 0 saturated carbocycles. The van der Waals surface area contributed by atoms with Crippen LogP contribution in [-0.4, -0.2) is 17.6 Å². The number of hydrogen-bond donors (Lipinski definition) is 2. The molecule has 2 aromatic carbocycles. The Bertz CT molecular complexity index is 792. The smallest absolute Gasteiger partial charge is 0.234 e. The van der Waals surface area contributed by atoms with Crippen molar-refractivity contribution in [1.29, 1.82) is 0 Å². The normalized spacial score (nSPS) is 13.2. The highest BCUT2D eigenvalue weighted by Gasteiger charge is 2.16. The van der Waals surface area contributed by atoms with Crippen molar-refractivity contribution in [2.75, 3.05) is 16.4 Å². The first kappa shape index (κ1) is 15.9. The SMILES string of the molecule is Cc1cc(Cl)ccc1NC(=O)Cc1ccc2c(c1)NC(=O)CS2. The highest BCUT2D eigenvalue weighted by Crippen LogP contribution is 2.32. The molecule has 0 radical (unpaired) electrons. The summed E-state index contributed by atoms with van der Waals surface area (Å²) in [6, 6.07) is 11.1. The first-order valence-corrected chi connectivity index (χ1v) is 8.49. The zero-order valence-electron chi connectivity index (χ0n) is 12.5. The summed E-state index contributed by atoms with van der Waals surface area (Å²) in [6.45, 7) is 1.90. The van der Waals surface area contributed by atoms with Crippen molar-refractivity contribution in [3.05, 3.63) is 52.5 Å². The lowest BCUT2D eigenvalue weighted by atomic mass is 10.1. The largest absolute Gasteiger partial charge is 0.326 e. The predicted molar refractivity (Wildman–Crippen MR) is 94.3 cm³/mol. The van der Waals surface area contributed by atoms with E-state index in [-0.39, 0.29) is 18.2 Å². The average Bonchev–Trinajstić information content (AvgIpc) is 2.49. The standard InChI is InChI=1S/C17H15ClN2O2S/c1-10-6-12(18)3-4-13(10)19-16(21)8-11-2-5-15-14(7-11)20-17(22)9-23-15/h2-7H,8-9H2,1H3,(H,19,21)(H,20,22). The van der Waals surface area contributed by atoms with Crippen molar-refractivity contribution >= 4 is 46.6 Å². The highest BCUT2D eigenvalue weighted by atomic mass is 35.5. The van der Waals surface area contributed by atoms with E-state index in [2.05, 4.69) is 10.6 Å². The zero-order chi connectivity index (χ0) is 16.4. The molecule has 4 nitrogen and oxygen atoms in total. The fourth-order valence-electron chi connectivity index (χ4n) is 2.39. The molecule has 2 aromatic rings. The van der Waals surface area contributed by atoms with Crippen LogP contribution >= 0.6 is 23.4 Å². The molecular weight excluding hydrogens is 332 g/mol. The van der Waals surface area contributed by atoms with Gasteiger partial charge in [0.25, 0.3) is 0 Å².